The van der Waals surface area contributed by atoms with E-state index in [2.05, 4.69) is 27.5 Å². The van der Waals surface area contributed by atoms with E-state index in [0.29, 0.717) is 5.02 Å². The van der Waals surface area contributed by atoms with E-state index in [1.54, 1.807) is 10.9 Å². The molecule has 1 N–H and O–H groups in total. The summed E-state index contributed by atoms with van der Waals surface area (Å²) in [5.74, 6) is 0. The van der Waals surface area contributed by atoms with Crippen LogP contribution in [0.1, 0.15) is 35.6 Å². The molecule has 0 bridgehead atoms. The van der Waals surface area contributed by atoms with Crippen LogP contribution in [0.5, 0.6) is 0 Å². The summed E-state index contributed by atoms with van der Waals surface area (Å²) in [5.41, 5.74) is 3.81. The van der Waals surface area contributed by atoms with E-state index in [4.69, 9.17) is 11.6 Å². The second kappa shape index (κ2) is 5.67. The van der Waals surface area contributed by atoms with Gasteiger partial charge >= 0.3 is 0 Å². The molecule has 2 aromatic rings. The first-order valence-electron chi connectivity index (χ1n) is 6.26. The number of hydrogen-bond acceptors (Lipinski definition) is 4. The summed E-state index contributed by atoms with van der Waals surface area (Å²) in [4.78, 5) is 0. The van der Waals surface area contributed by atoms with Crippen molar-refractivity contribution >= 4 is 11.6 Å². The molecule has 0 aliphatic heterocycles. The van der Waals surface area contributed by atoms with E-state index in [1.165, 1.54) is 0 Å². The van der Waals surface area contributed by atoms with Crippen LogP contribution in [0.15, 0.2) is 12.3 Å². The fraction of sp³-hybridized carbons (Fsp3) is 0.462. The molecule has 0 radical (unpaired) electrons. The van der Waals surface area contributed by atoms with Crippen LogP contribution in [-0.4, -0.2) is 26.5 Å². The predicted molar refractivity (Wildman–Crippen MR) is 75.2 cm³/mol. The van der Waals surface area contributed by atoms with Gasteiger partial charge in [-0.1, -0.05) is 18.5 Å². The van der Waals surface area contributed by atoms with E-state index in [-0.39, 0.29) is 6.04 Å². The van der Waals surface area contributed by atoms with Crippen LogP contribution in [-0.2, 0) is 7.05 Å². The van der Waals surface area contributed by atoms with Crippen molar-refractivity contribution in [3.05, 3.63) is 39.9 Å². The Morgan fingerprint density at radius 1 is 1.37 bits per heavy atom. The van der Waals surface area contributed by atoms with Crippen LogP contribution in [0.3, 0.4) is 0 Å². The Kier molecular flexibility index (Phi) is 4.17. The van der Waals surface area contributed by atoms with E-state index in [0.717, 1.165) is 29.2 Å². The third kappa shape index (κ3) is 2.77. The Balaban J connectivity index is 2.54. The minimum Gasteiger partial charge on any atom is -0.305 e. The van der Waals surface area contributed by atoms with Crippen LogP contribution < -0.4 is 5.32 Å². The lowest BCUT2D eigenvalue weighted by Crippen LogP contribution is -2.26. The Morgan fingerprint density at radius 3 is 2.68 bits per heavy atom. The van der Waals surface area contributed by atoms with E-state index in [1.807, 2.05) is 27.0 Å². The van der Waals surface area contributed by atoms with Crippen molar-refractivity contribution in [3.63, 3.8) is 0 Å². The fourth-order valence-corrected chi connectivity index (χ4v) is 2.44. The molecule has 0 aliphatic carbocycles. The Labute approximate surface area is 118 Å². The van der Waals surface area contributed by atoms with Gasteiger partial charge < -0.3 is 5.32 Å². The average Bonchev–Trinajstić information content (AvgIpc) is 2.70. The van der Waals surface area contributed by atoms with Crippen LogP contribution in [0, 0.1) is 13.8 Å². The maximum Gasteiger partial charge on any atom is 0.0837 e. The van der Waals surface area contributed by atoms with Crippen molar-refractivity contribution in [2.45, 2.75) is 26.8 Å². The van der Waals surface area contributed by atoms with Gasteiger partial charge in [0.25, 0.3) is 0 Å². The summed E-state index contributed by atoms with van der Waals surface area (Å²) < 4.78 is 1.80. The van der Waals surface area contributed by atoms with Gasteiger partial charge in [-0.3, -0.25) is 4.68 Å². The van der Waals surface area contributed by atoms with E-state index in [9.17, 15) is 0 Å². The summed E-state index contributed by atoms with van der Waals surface area (Å²) in [6, 6.07) is 2.01. The standard InChI is InChI=1S/C13H18ClN5/c1-5-15-12(13-11(14)7-16-19(13)4)10-6-8(2)17-18-9(10)3/h6-7,12,15H,5H2,1-4H3. The van der Waals surface area contributed by atoms with Crippen molar-refractivity contribution in [2.75, 3.05) is 6.54 Å². The summed E-state index contributed by atoms with van der Waals surface area (Å²) in [5, 5.41) is 16.6. The SMILES string of the molecule is CCNC(c1cc(C)nnc1C)c1c(Cl)cnn1C. The molecule has 102 valence electrons. The summed E-state index contributed by atoms with van der Waals surface area (Å²) in [7, 11) is 1.89. The minimum absolute atomic E-state index is 0.0285. The molecule has 0 spiro atoms. The van der Waals surface area contributed by atoms with Gasteiger partial charge in [0.1, 0.15) is 0 Å². The highest BCUT2D eigenvalue weighted by Crippen LogP contribution is 2.29. The van der Waals surface area contributed by atoms with Crippen molar-refractivity contribution in [2.24, 2.45) is 7.05 Å². The minimum atomic E-state index is -0.0285. The number of aryl methyl sites for hydroxylation is 3. The maximum absolute atomic E-state index is 6.26. The monoisotopic (exact) mass is 279 g/mol. The van der Waals surface area contributed by atoms with Gasteiger partial charge in [-0.25, -0.2) is 0 Å². The van der Waals surface area contributed by atoms with Crippen molar-refractivity contribution < 1.29 is 0 Å². The number of nitrogens with zero attached hydrogens (tertiary/aromatic N) is 4. The molecule has 0 aliphatic rings. The van der Waals surface area contributed by atoms with Gasteiger partial charge in [0.15, 0.2) is 0 Å². The smallest absolute Gasteiger partial charge is 0.0837 e. The molecule has 2 heterocycles. The first-order valence-corrected chi connectivity index (χ1v) is 6.64. The lowest BCUT2D eigenvalue weighted by molar-refractivity contribution is 0.566. The van der Waals surface area contributed by atoms with E-state index >= 15 is 0 Å². The normalized spacial score (nSPS) is 12.7. The number of nitrogens with one attached hydrogen (secondary N) is 1. The number of aromatic nitrogens is 4. The average molecular weight is 280 g/mol. The highest BCUT2D eigenvalue weighted by molar-refractivity contribution is 6.31. The van der Waals surface area contributed by atoms with Gasteiger partial charge in [-0.2, -0.15) is 15.3 Å². The van der Waals surface area contributed by atoms with Gasteiger partial charge in [0.05, 0.1) is 34.3 Å². The van der Waals surface area contributed by atoms with Crippen LogP contribution >= 0.6 is 11.6 Å². The second-order valence-electron chi connectivity index (χ2n) is 4.52. The number of rotatable bonds is 4. The highest BCUT2D eigenvalue weighted by atomic mass is 35.5. The molecule has 5 nitrogen and oxygen atoms in total. The Hall–Kier alpha value is -1.46. The highest BCUT2D eigenvalue weighted by Gasteiger charge is 2.22. The second-order valence-corrected chi connectivity index (χ2v) is 4.93. The summed E-state index contributed by atoms with van der Waals surface area (Å²) in [6.07, 6.45) is 1.66. The Bertz CT molecular complexity index is 559. The quantitative estimate of drug-likeness (QED) is 0.932. The van der Waals surface area contributed by atoms with E-state index < -0.39 is 0 Å². The lowest BCUT2D eigenvalue weighted by Gasteiger charge is -2.20. The molecule has 6 heteroatoms. The number of hydrogen-bond donors (Lipinski definition) is 1. The third-order valence-electron chi connectivity index (χ3n) is 3.07. The first-order chi connectivity index (χ1) is 9.04. The zero-order valence-electron chi connectivity index (χ0n) is 11.6. The molecular formula is C13H18ClN5. The molecular weight excluding hydrogens is 262 g/mol. The molecule has 0 fully saturated rings. The largest absolute Gasteiger partial charge is 0.305 e. The summed E-state index contributed by atoms with van der Waals surface area (Å²) in [6.45, 7) is 6.78. The molecule has 1 unspecified atom stereocenters. The topological polar surface area (TPSA) is 55.6 Å². The zero-order valence-corrected chi connectivity index (χ0v) is 12.4. The zero-order chi connectivity index (χ0) is 14.0. The molecule has 0 amide bonds. The summed E-state index contributed by atoms with van der Waals surface area (Å²) >= 11 is 6.26. The van der Waals surface area contributed by atoms with Crippen molar-refractivity contribution in [3.8, 4) is 0 Å². The van der Waals surface area contributed by atoms with Crippen LogP contribution in [0.25, 0.3) is 0 Å². The first kappa shape index (κ1) is 14.0. The fourth-order valence-electron chi connectivity index (χ4n) is 2.17. The van der Waals surface area contributed by atoms with Gasteiger partial charge in [-0.05, 0) is 26.5 Å². The molecule has 2 rings (SSSR count). The van der Waals surface area contributed by atoms with Gasteiger partial charge in [0.2, 0.25) is 0 Å². The molecule has 0 saturated heterocycles. The molecule has 1 atom stereocenters. The van der Waals surface area contributed by atoms with Gasteiger partial charge in [0, 0.05) is 12.6 Å². The van der Waals surface area contributed by atoms with Crippen LogP contribution in [0.4, 0.5) is 0 Å². The number of halogens is 1. The molecule has 2 aromatic heterocycles. The van der Waals surface area contributed by atoms with Crippen molar-refractivity contribution in [1.82, 2.24) is 25.3 Å². The predicted octanol–water partition coefficient (Wildman–Crippen LogP) is 2.18. The molecule has 0 aromatic carbocycles. The Morgan fingerprint density at radius 2 is 2.11 bits per heavy atom. The molecule has 19 heavy (non-hydrogen) atoms. The third-order valence-corrected chi connectivity index (χ3v) is 3.36. The lowest BCUT2D eigenvalue weighted by atomic mass is 10.0. The van der Waals surface area contributed by atoms with Crippen molar-refractivity contribution in [1.29, 1.82) is 0 Å². The molecule has 0 saturated carbocycles. The maximum atomic E-state index is 6.26. The van der Waals surface area contributed by atoms with Crippen LogP contribution in [0.2, 0.25) is 5.02 Å². The van der Waals surface area contributed by atoms with Gasteiger partial charge in [-0.15, -0.1) is 0 Å².